The standard InChI is InChI=1S/C22H23N7O5S/c1-29-8-6-14(7-9-29)17-5-4-16(27-22(25)28-21(23)24)11-15(17)3-2-13-10-18(20(30)31)19(26-12-13)35(32,33)34/h4-9,11-12,18-19H,10H2,1H3,(H8,23,24,25,26,27,28,30,31,32,33,34)/t18-,19-/m1/s1. The summed E-state index contributed by atoms with van der Waals surface area (Å²) in [7, 11) is -3.03. The molecular weight excluding hydrogens is 474 g/mol. The van der Waals surface area contributed by atoms with Gasteiger partial charge in [-0.2, -0.15) is 0 Å². The zero-order valence-electron chi connectivity index (χ0n) is 18.6. The Morgan fingerprint density at radius 1 is 1.20 bits per heavy atom. The lowest BCUT2D eigenvalue weighted by atomic mass is 9.96. The molecule has 1 aromatic heterocycles. The van der Waals surface area contributed by atoms with Crippen molar-refractivity contribution in [1.29, 1.82) is 0 Å². The van der Waals surface area contributed by atoms with E-state index in [1.54, 1.807) is 18.2 Å². The van der Waals surface area contributed by atoms with Crippen LogP contribution < -0.4 is 37.2 Å². The molecule has 0 unspecified atom stereocenters. The Kier molecular flexibility index (Phi) is 7.38. The summed E-state index contributed by atoms with van der Waals surface area (Å²) in [6, 6.07) is 8.94. The number of guanidine groups is 2. The molecule has 8 N–H and O–H groups in total. The van der Waals surface area contributed by atoms with E-state index in [0.717, 1.165) is 11.1 Å². The van der Waals surface area contributed by atoms with Crippen LogP contribution in [0.5, 0.6) is 0 Å². The van der Waals surface area contributed by atoms with Gasteiger partial charge in [-0.1, -0.05) is 17.9 Å². The Hall–Kier alpha value is -4.41. The Labute approximate surface area is 201 Å². The molecule has 0 amide bonds. The van der Waals surface area contributed by atoms with E-state index in [1.165, 1.54) is 6.20 Å². The van der Waals surface area contributed by atoms with E-state index >= 15 is 0 Å². The average molecular weight is 498 g/mol. The van der Waals surface area contributed by atoms with Crippen molar-refractivity contribution in [1.82, 2.24) is 5.32 Å². The minimum absolute atomic E-state index is 0.0377. The lowest BCUT2D eigenvalue weighted by molar-refractivity contribution is -0.671. The largest absolute Gasteiger partial charge is 0.746 e. The van der Waals surface area contributed by atoms with Gasteiger partial charge in [-0.15, -0.1) is 4.99 Å². The molecule has 35 heavy (non-hydrogen) atoms. The molecule has 182 valence electrons. The number of aryl methyl sites for hydroxylation is 1. The van der Waals surface area contributed by atoms with Crippen molar-refractivity contribution in [3.05, 3.63) is 60.1 Å². The first kappa shape index (κ1) is 25.2. The zero-order chi connectivity index (χ0) is 25.8. The highest BCUT2D eigenvalue weighted by molar-refractivity contribution is 7.86. The second kappa shape index (κ2) is 10.2. The number of aliphatic carboxylic acids is 1. The number of nitrogens with one attached hydrogen (secondary N) is 2. The first-order chi connectivity index (χ1) is 16.4. The van der Waals surface area contributed by atoms with Crippen LogP contribution in [0.2, 0.25) is 0 Å². The van der Waals surface area contributed by atoms with Crippen LogP contribution in [-0.4, -0.2) is 36.2 Å². The third kappa shape index (κ3) is 6.56. The Bertz CT molecular complexity index is 1400. The molecule has 13 heteroatoms. The number of allylic oxidation sites excluding steroid dienone is 1. The molecule has 1 aliphatic heterocycles. The predicted molar refractivity (Wildman–Crippen MR) is 123 cm³/mol. The quantitative estimate of drug-likeness (QED) is 0.0911. The number of hydrogen-bond acceptors (Lipinski definition) is 7. The first-order valence-electron chi connectivity index (χ1n) is 10.2. The molecule has 0 radical (unpaired) electrons. The number of pyridine rings is 1. The summed E-state index contributed by atoms with van der Waals surface area (Å²) in [5.74, 6) is 2.41. The van der Waals surface area contributed by atoms with Gasteiger partial charge in [0, 0.05) is 41.4 Å². The molecule has 2 heterocycles. The fraction of sp³-hybridized carbons (Fsp3) is 0.182. The molecule has 0 bridgehead atoms. The number of carbonyl (C=O) groups is 1. The molecule has 2 aromatic rings. The number of aromatic nitrogens is 1. The monoisotopic (exact) mass is 497 g/mol. The number of carboxylic acid groups (broad SMARTS) is 1. The van der Waals surface area contributed by atoms with Crippen molar-refractivity contribution in [3.8, 4) is 23.0 Å². The highest BCUT2D eigenvalue weighted by Crippen LogP contribution is 2.27. The van der Waals surface area contributed by atoms with E-state index in [9.17, 15) is 22.9 Å². The summed E-state index contributed by atoms with van der Waals surface area (Å²) < 4.78 is 36.0. The summed E-state index contributed by atoms with van der Waals surface area (Å²) in [6.07, 6.45) is 4.66. The summed E-state index contributed by atoms with van der Waals surface area (Å²) in [5, 5.41) is 11.9. The van der Waals surface area contributed by atoms with Gasteiger partial charge >= 0.3 is 5.96 Å². The van der Waals surface area contributed by atoms with Gasteiger partial charge < -0.3 is 37.0 Å². The smallest absolute Gasteiger partial charge is 0.316 e. The third-order valence-corrected chi connectivity index (χ3v) is 6.10. The topological polar surface area (TPSA) is 218 Å². The summed E-state index contributed by atoms with van der Waals surface area (Å²) in [5.41, 5.74) is 19.4. The van der Waals surface area contributed by atoms with Gasteiger partial charge in [0.05, 0.1) is 0 Å². The van der Waals surface area contributed by atoms with E-state index < -0.39 is 27.4 Å². The van der Waals surface area contributed by atoms with Crippen molar-refractivity contribution >= 4 is 33.7 Å². The van der Waals surface area contributed by atoms with E-state index in [1.807, 2.05) is 36.1 Å². The van der Waals surface area contributed by atoms with Crippen molar-refractivity contribution < 1.29 is 32.4 Å². The molecule has 0 aliphatic carbocycles. The lowest BCUT2D eigenvalue weighted by Crippen LogP contribution is -2.84. The van der Waals surface area contributed by atoms with Gasteiger partial charge in [0.25, 0.3) is 5.96 Å². The molecule has 2 atom stereocenters. The van der Waals surface area contributed by atoms with E-state index in [0.29, 0.717) is 11.3 Å². The average Bonchev–Trinajstić information content (AvgIpc) is 2.77. The highest BCUT2D eigenvalue weighted by atomic mass is 32.2. The van der Waals surface area contributed by atoms with Crippen LogP contribution in [0.3, 0.4) is 0 Å². The van der Waals surface area contributed by atoms with Crippen molar-refractivity contribution in [3.63, 3.8) is 0 Å². The molecular formula is C22H23N7O5S. The molecule has 3 rings (SSSR count). The predicted octanol–water partition coefficient (Wildman–Crippen LogP) is -4.06. The number of aliphatic imine (C=N–C) groups is 1. The van der Waals surface area contributed by atoms with Gasteiger partial charge in [0.1, 0.15) is 28.2 Å². The normalized spacial score (nSPS) is 17.9. The van der Waals surface area contributed by atoms with Gasteiger partial charge in [0.15, 0.2) is 12.4 Å². The maximum Gasteiger partial charge on any atom is 0.316 e. The minimum atomic E-state index is -4.91. The zero-order valence-corrected chi connectivity index (χ0v) is 19.4. The van der Waals surface area contributed by atoms with Crippen LogP contribution in [0, 0.1) is 17.8 Å². The Morgan fingerprint density at radius 3 is 2.49 bits per heavy atom. The SMILES string of the molecule is C[n+]1ccc(-c2ccc(N=C(N)[NH+]=C(N)N)cc2C#CC2=CN[C@H](S(=O)(=O)[O-])[C@H](C(=O)[O-])C2)cc1. The number of rotatable bonds is 4. The van der Waals surface area contributed by atoms with Crippen LogP contribution in [0.25, 0.3) is 11.1 Å². The van der Waals surface area contributed by atoms with Crippen molar-refractivity contribution in [2.45, 2.75) is 11.8 Å². The molecule has 12 nitrogen and oxygen atoms in total. The maximum atomic E-state index is 11.4. The maximum absolute atomic E-state index is 11.4. The first-order valence-corrected chi connectivity index (χ1v) is 11.6. The second-order valence-corrected chi connectivity index (χ2v) is 9.18. The molecule has 0 saturated carbocycles. The number of hydrogen-bond donors (Lipinski definition) is 5. The number of carbonyl (C=O) groups excluding carboxylic acids is 1. The number of benzene rings is 1. The van der Waals surface area contributed by atoms with Gasteiger partial charge in [0.2, 0.25) is 0 Å². The Morgan fingerprint density at radius 2 is 1.89 bits per heavy atom. The number of nitrogens with zero attached hydrogens (tertiary/aromatic N) is 2. The van der Waals surface area contributed by atoms with Gasteiger partial charge in [-0.3, -0.25) is 0 Å². The van der Waals surface area contributed by atoms with Crippen LogP contribution in [0.1, 0.15) is 12.0 Å². The van der Waals surface area contributed by atoms with Gasteiger partial charge in [-0.05, 0) is 29.7 Å². The van der Waals surface area contributed by atoms with Crippen LogP contribution in [0.15, 0.2) is 59.5 Å². The Balaban J connectivity index is 2.05. The number of carboxylic acids is 1. The fourth-order valence-electron chi connectivity index (χ4n) is 3.38. The summed E-state index contributed by atoms with van der Waals surface area (Å²) >= 11 is 0. The van der Waals surface area contributed by atoms with E-state index in [4.69, 9.17) is 17.2 Å². The third-order valence-electron chi connectivity index (χ3n) is 5.01. The number of nitrogens with two attached hydrogens (primary N) is 3. The molecule has 0 saturated heterocycles. The van der Waals surface area contributed by atoms with E-state index in [-0.39, 0.29) is 23.9 Å². The minimum Gasteiger partial charge on any atom is -0.746 e. The van der Waals surface area contributed by atoms with E-state index in [2.05, 4.69) is 27.1 Å². The van der Waals surface area contributed by atoms with Crippen LogP contribution in [-0.2, 0) is 22.0 Å². The molecule has 0 spiro atoms. The molecule has 1 aromatic carbocycles. The van der Waals surface area contributed by atoms with Crippen LogP contribution in [0.4, 0.5) is 5.69 Å². The van der Waals surface area contributed by atoms with Crippen molar-refractivity contribution in [2.75, 3.05) is 0 Å². The van der Waals surface area contributed by atoms with Gasteiger partial charge in [-0.25, -0.2) is 18.0 Å². The van der Waals surface area contributed by atoms with Crippen LogP contribution >= 0.6 is 0 Å². The second-order valence-electron chi connectivity index (χ2n) is 7.69. The fourth-order valence-corrected chi connectivity index (χ4v) is 4.22. The molecule has 1 aliphatic rings. The highest BCUT2D eigenvalue weighted by Gasteiger charge is 2.31. The summed E-state index contributed by atoms with van der Waals surface area (Å²) in [6.45, 7) is 0. The molecule has 0 fully saturated rings. The summed E-state index contributed by atoms with van der Waals surface area (Å²) in [4.78, 5) is 18.1. The van der Waals surface area contributed by atoms with Crippen molar-refractivity contribution in [2.24, 2.45) is 35.2 Å². The lowest BCUT2D eigenvalue weighted by Gasteiger charge is -2.33.